The number of hydrogen-bond donors (Lipinski definition) is 0. The molecule has 3 aliphatic rings. The second kappa shape index (κ2) is 8.55. The van der Waals surface area contributed by atoms with E-state index < -0.39 is 0 Å². The summed E-state index contributed by atoms with van der Waals surface area (Å²) in [5.41, 5.74) is 7.86. The fourth-order valence-electron chi connectivity index (χ4n) is 2.77. The van der Waals surface area contributed by atoms with E-state index in [4.69, 9.17) is 0 Å². The summed E-state index contributed by atoms with van der Waals surface area (Å²) in [5.74, 6) is 0.370. The first-order valence-electron chi connectivity index (χ1n) is 5.85. The molecular weight excluding hydrogens is 472 g/mol. The van der Waals surface area contributed by atoms with Crippen LogP contribution in [0.1, 0.15) is 20.8 Å². The summed E-state index contributed by atoms with van der Waals surface area (Å²) >= 11 is 3.80. The van der Waals surface area contributed by atoms with Crippen LogP contribution in [-0.4, -0.2) is 11.9 Å². The van der Waals surface area contributed by atoms with Crippen molar-refractivity contribution < 1.29 is 63.4 Å². The van der Waals surface area contributed by atoms with E-state index in [1.54, 1.807) is 0 Å². The van der Waals surface area contributed by atoms with Gasteiger partial charge >= 0.3 is 26.2 Å². The number of halogens is 4. The first kappa shape index (κ1) is 24.0. The minimum atomic E-state index is 0. The maximum absolute atomic E-state index is 3.80. The van der Waals surface area contributed by atoms with Gasteiger partial charge in [0.25, 0.3) is 0 Å². The van der Waals surface area contributed by atoms with E-state index >= 15 is 0 Å². The fraction of sp³-hybridized carbons (Fsp3) is 0.333. The van der Waals surface area contributed by atoms with E-state index in [9.17, 15) is 0 Å². The summed E-state index contributed by atoms with van der Waals surface area (Å²) in [6.45, 7) is 6.53. The van der Waals surface area contributed by atoms with Crippen molar-refractivity contribution in [1.82, 2.24) is 4.90 Å². The zero-order valence-electron chi connectivity index (χ0n) is 12.2. The normalized spacial score (nSPS) is 21.9. The number of hydrogen-bond acceptors (Lipinski definition) is 1. The maximum atomic E-state index is 3.80. The van der Waals surface area contributed by atoms with E-state index in [1.807, 2.05) is 0 Å². The van der Waals surface area contributed by atoms with Crippen molar-refractivity contribution in [1.29, 1.82) is 0 Å². The van der Waals surface area contributed by atoms with Crippen molar-refractivity contribution in [2.45, 2.75) is 20.8 Å². The van der Waals surface area contributed by atoms with E-state index in [2.05, 4.69) is 66.9 Å². The van der Waals surface area contributed by atoms with Gasteiger partial charge in [-0.2, -0.15) is 17.7 Å². The summed E-state index contributed by atoms with van der Waals surface area (Å²) in [4.78, 5) is 2.26. The van der Waals surface area contributed by atoms with Crippen molar-refractivity contribution in [3.63, 3.8) is 0 Å². The molecule has 0 spiro atoms. The zero-order valence-corrected chi connectivity index (χ0v) is 18.5. The van der Waals surface area contributed by atoms with Crippen LogP contribution in [0.5, 0.6) is 0 Å². The monoisotopic (exact) mass is 483 g/mol. The molecule has 0 amide bonds. The van der Waals surface area contributed by atoms with Crippen LogP contribution in [0.4, 0.5) is 0 Å². The smallest absolute Gasteiger partial charge is 1.00 e. The van der Waals surface area contributed by atoms with Gasteiger partial charge in [0.2, 0.25) is 0 Å². The van der Waals surface area contributed by atoms with Gasteiger partial charge in [0, 0.05) is 18.7 Å². The number of allylic oxidation sites excluding steroid dienone is 8. The van der Waals surface area contributed by atoms with Crippen molar-refractivity contribution in [2.24, 2.45) is 5.92 Å². The third kappa shape index (κ3) is 3.64. The Morgan fingerprint density at radius 2 is 1.67 bits per heavy atom. The molecule has 21 heavy (non-hydrogen) atoms. The molecule has 1 heterocycles. The van der Waals surface area contributed by atoms with Gasteiger partial charge in [-0.25, -0.2) is 0 Å². The minimum absolute atomic E-state index is 0. The molecule has 1 nitrogen and oxygen atoms in total. The Labute approximate surface area is 173 Å². The van der Waals surface area contributed by atoms with Gasteiger partial charge in [-0.15, -0.1) is 17.2 Å². The first-order valence-corrected chi connectivity index (χ1v) is 6.65. The molecule has 0 saturated carbocycles. The number of rotatable bonds is 0. The van der Waals surface area contributed by atoms with Gasteiger partial charge in [0.1, 0.15) is 0 Å². The molecule has 1 unspecified atom stereocenters. The van der Waals surface area contributed by atoms with Crippen molar-refractivity contribution in [3.05, 3.63) is 56.4 Å². The van der Waals surface area contributed by atoms with Crippen LogP contribution >= 0.6 is 15.9 Å². The third-order valence-electron chi connectivity index (χ3n) is 3.95. The SMILES string of the molecule is CC1=CC2=C(Br)C3C(=[C-]C2=C1)N(C)C(C)=C3C.[Cl-].[Cl-].[Cl-].[Zr+4]. The summed E-state index contributed by atoms with van der Waals surface area (Å²) in [7, 11) is 2.13. The molecule has 6 heteroatoms. The molecule has 1 atom stereocenters. The Bertz CT molecular complexity index is 588. The Morgan fingerprint density at radius 1 is 1.10 bits per heavy atom. The zero-order chi connectivity index (χ0) is 12.3. The largest absolute Gasteiger partial charge is 4.00 e. The number of nitrogens with zero attached hydrogens (tertiary/aromatic N) is 1. The second-order valence-electron chi connectivity index (χ2n) is 4.98. The summed E-state index contributed by atoms with van der Waals surface area (Å²) in [6.07, 6.45) is 8.02. The van der Waals surface area contributed by atoms with Gasteiger partial charge in [-0.3, -0.25) is 0 Å². The van der Waals surface area contributed by atoms with Crippen molar-refractivity contribution in [3.8, 4) is 0 Å². The standard InChI is InChI=1S/C15H15BrN.3ClH.Zr/c1-8-5-11-7-13-14(15(16)12(11)6-8)9(2)10(3)17(13)4;;;;/h5-6,14H,1-4H3;3*1H;/q-1;;;;+4/p-3. The quantitative estimate of drug-likeness (QED) is 0.311. The number of fused-ring (bicyclic) bond motifs is 2. The fourth-order valence-corrected chi connectivity index (χ4v) is 3.65. The van der Waals surface area contributed by atoms with Crippen LogP contribution < -0.4 is 37.2 Å². The van der Waals surface area contributed by atoms with Crippen LogP contribution in [0.15, 0.2) is 50.3 Å². The van der Waals surface area contributed by atoms with Crippen LogP contribution in [0.25, 0.3) is 0 Å². The van der Waals surface area contributed by atoms with E-state index in [0.29, 0.717) is 5.92 Å². The topological polar surface area (TPSA) is 3.24 Å². The molecule has 0 aromatic heterocycles. The molecule has 2 aliphatic carbocycles. The molecule has 0 aromatic rings. The predicted molar refractivity (Wildman–Crippen MR) is 74.2 cm³/mol. The van der Waals surface area contributed by atoms with Gasteiger partial charge < -0.3 is 42.1 Å². The minimum Gasteiger partial charge on any atom is -1.00 e. The third-order valence-corrected chi connectivity index (χ3v) is 4.83. The summed E-state index contributed by atoms with van der Waals surface area (Å²) in [6, 6.07) is 0. The molecule has 1 aliphatic heterocycles. The molecule has 0 fully saturated rings. The van der Waals surface area contributed by atoms with Gasteiger partial charge in [-0.1, -0.05) is 22.9 Å². The van der Waals surface area contributed by atoms with Gasteiger partial charge in [-0.05, 0) is 29.6 Å². The van der Waals surface area contributed by atoms with Crippen LogP contribution in [0.2, 0.25) is 0 Å². The van der Waals surface area contributed by atoms with Crippen molar-refractivity contribution >= 4 is 15.9 Å². The molecule has 3 rings (SSSR count). The van der Waals surface area contributed by atoms with E-state index in [-0.39, 0.29) is 63.4 Å². The molecule has 112 valence electrons. The summed E-state index contributed by atoms with van der Waals surface area (Å²) in [5, 5.41) is 0. The predicted octanol–water partition coefficient (Wildman–Crippen LogP) is -4.91. The molecular formula is C15H15BrCl3NZr. The van der Waals surface area contributed by atoms with Crippen LogP contribution in [-0.2, 0) is 26.2 Å². The molecule has 0 saturated heterocycles. The maximum Gasteiger partial charge on any atom is 4.00 e. The molecule has 0 radical (unpaired) electrons. The second-order valence-corrected chi connectivity index (χ2v) is 5.83. The Kier molecular flexibility index (Phi) is 9.77. The molecule has 0 bridgehead atoms. The Morgan fingerprint density at radius 3 is 2.24 bits per heavy atom. The van der Waals surface area contributed by atoms with E-state index in [0.717, 1.165) is 0 Å². The first-order chi connectivity index (χ1) is 8.00. The Balaban J connectivity index is 0. The van der Waals surface area contributed by atoms with Gasteiger partial charge in [0.15, 0.2) is 0 Å². The molecule has 0 N–H and O–H groups in total. The van der Waals surface area contributed by atoms with E-state index in [1.165, 1.54) is 38.2 Å². The summed E-state index contributed by atoms with van der Waals surface area (Å²) < 4.78 is 1.29. The van der Waals surface area contributed by atoms with Crippen LogP contribution in [0, 0.1) is 12.0 Å². The average Bonchev–Trinajstić information content (AvgIpc) is 2.75. The molecule has 0 aromatic carbocycles. The van der Waals surface area contributed by atoms with Gasteiger partial charge in [0.05, 0.1) is 0 Å². The van der Waals surface area contributed by atoms with Crippen molar-refractivity contribution in [2.75, 3.05) is 7.05 Å². The average molecular weight is 487 g/mol. The Hall–Kier alpha value is 0.733. The van der Waals surface area contributed by atoms with Crippen LogP contribution in [0.3, 0.4) is 0 Å².